The number of rotatable bonds is 3. The molecule has 284 valence electrons. The van der Waals surface area contributed by atoms with Crippen molar-refractivity contribution in [2.45, 2.75) is 80.1 Å². The van der Waals surface area contributed by atoms with Crippen molar-refractivity contribution in [3.63, 3.8) is 0 Å². The van der Waals surface area contributed by atoms with E-state index in [1.54, 1.807) is 0 Å². The van der Waals surface area contributed by atoms with Crippen LogP contribution in [0.25, 0.3) is 38.3 Å². The zero-order valence-electron chi connectivity index (χ0n) is 34.5. The molecule has 9 rings (SSSR count). The van der Waals surface area contributed by atoms with Crippen molar-refractivity contribution in [1.82, 2.24) is 0 Å². The molecular weight excluding hydrogens is 799 g/mol. The Kier molecular flexibility index (Phi) is 13.2. The molecule has 6 aromatic carbocycles. The van der Waals surface area contributed by atoms with Crippen LogP contribution in [0.15, 0.2) is 133 Å². The van der Waals surface area contributed by atoms with Gasteiger partial charge in [-0.15, -0.1) is 45.3 Å². The van der Waals surface area contributed by atoms with Gasteiger partial charge in [0.25, 0.3) is 0 Å². The van der Waals surface area contributed by atoms with Gasteiger partial charge >= 0.3 is 112 Å². The molecule has 0 fully saturated rings. The summed E-state index contributed by atoms with van der Waals surface area (Å²) in [7, 11) is 0. The van der Waals surface area contributed by atoms with Crippen molar-refractivity contribution in [2.24, 2.45) is 5.92 Å². The first-order valence-corrected chi connectivity index (χ1v) is 20.6. The fourth-order valence-electron chi connectivity index (χ4n) is 8.59. The van der Waals surface area contributed by atoms with Gasteiger partial charge in [0, 0.05) is 10.8 Å². The minimum atomic E-state index is 0. The summed E-state index contributed by atoms with van der Waals surface area (Å²) in [6, 6.07) is 40.1. The molecule has 1 atom stereocenters. The summed E-state index contributed by atoms with van der Waals surface area (Å²) in [4.78, 5) is 0. The number of allylic oxidation sites excluding steroid dienone is 8. The smallest absolute Gasteiger partial charge is 1.00 e. The van der Waals surface area contributed by atoms with Crippen molar-refractivity contribution < 1.29 is 49.0 Å². The Hall–Kier alpha value is -3.74. The first-order chi connectivity index (χ1) is 25.6. The predicted molar refractivity (Wildman–Crippen MR) is 232 cm³/mol. The van der Waals surface area contributed by atoms with Crippen molar-refractivity contribution >= 4 is 41.5 Å². The van der Waals surface area contributed by atoms with Crippen molar-refractivity contribution in [3.05, 3.63) is 189 Å². The molecule has 3 heteroatoms. The van der Waals surface area contributed by atoms with Crippen LogP contribution < -0.4 is 24.8 Å². The fraction of sp³-hybridized carbons (Fsp3) is 0.245. The molecule has 1 unspecified atom stereocenters. The van der Waals surface area contributed by atoms with E-state index >= 15 is 0 Å². The maximum absolute atomic E-state index is 3.39. The monoisotopic (exact) mass is 848 g/mol. The van der Waals surface area contributed by atoms with Crippen LogP contribution in [0.3, 0.4) is 0 Å². The Bertz CT molecular complexity index is 2400. The van der Waals surface area contributed by atoms with E-state index in [0.29, 0.717) is 5.92 Å². The van der Waals surface area contributed by atoms with E-state index in [1.165, 1.54) is 121 Å². The molecular formula is C53H52Cl2Zr-2. The molecule has 0 radical (unpaired) electrons. The molecule has 3 aliphatic carbocycles. The zero-order chi connectivity index (χ0) is 38.5. The second-order valence-corrected chi connectivity index (χ2v) is 18.1. The summed E-state index contributed by atoms with van der Waals surface area (Å²) in [6.07, 6.45) is 10.5. The summed E-state index contributed by atoms with van der Waals surface area (Å²) >= 11 is 1.46. The molecule has 0 nitrogen and oxygen atoms in total. The third kappa shape index (κ3) is 8.72. The Morgan fingerprint density at radius 2 is 1.04 bits per heavy atom. The summed E-state index contributed by atoms with van der Waals surface area (Å²) < 4.78 is 1.42. The Morgan fingerprint density at radius 3 is 1.43 bits per heavy atom. The maximum Gasteiger partial charge on any atom is -1.00 e. The Morgan fingerprint density at radius 1 is 0.607 bits per heavy atom. The van der Waals surface area contributed by atoms with Crippen LogP contribution in [-0.4, -0.2) is 3.21 Å². The number of halogens is 2. The van der Waals surface area contributed by atoms with Crippen LogP contribution in [0.2, 0.25) is 0 Å². The molecule has 6 aromatic rings. The molecule has 56 heavy (non-hydrogen) atoms. The summed E-state index contributed by atoms with van der Waals surface area (Å²) in [5.41, 5.74) is 18.1. The van der Waals surface area contributed by atoms with Crippen LogP contribution in [0.1, 0.15) is 105 Å². The second kappa shape index (κ2) is 17.0. The molecule has 0 aromatic heterocycles. The van der Waals surface area contributed by atoms with Gasteiger partial charge in [-0.05, 0) is 36.1 Å². The van der Waals surface area contributed by atoms with Gasteiger partial charge in [0.1, 0.15) is 0 Å². The molecule has 0 amide bonds. The average molecular weight is 851 g/mol. The van der Waals surface area contributed by atoms with E-state index in [-0.39, 0.29) is 35.6 Å². The van der Waals surface area contributed by atoms with E-state index in [4.69, 9.17) is 0 Å². The maximum atomic E-state index is 3.39. The summed E-state index contributed by atoms with van der Waals surface area (Å²) in [6.45, 7) is 22.3. The third-order valence-electron chi connectivity index (χ3n) is 11.4. The van der Waals surface area contributed by atoms with E-state index in [2.05, 4.69) is 197 Å². The van der Waals surface area contributed by atoms with Gasteiger partial charge in [0.15, 0.2) is 0 Å². The van der Waals surface area contributed by atoms with Crippen molar-refractivity contribution in [1.29, 1.82) is 0 Å². The molecule has 0 bridgehead atoms. The fourth-order valence-corrected chi connectivity index (χ4v) is 9.41. The minimum absolute atomic E-state index is 0. The van der Waals surface area contributed by atoms with E-state index in [9.17, 15) is 0 Å². The summed E-state index contributed by atoms with van der Waals surface area (Å²) in [5, 5.41) is 5.57. The second-order valence-electron chi connectivity index (χ2n) is 16.8. The Labute approximate surface area is 363 Å². The first kappa shape index (κ1) is 43.4. The number of hydrogen-bond acceptors (Lipinski definition) is 0. The van der Waals surface area contributed by atoms with Gasteiger partial charge in [-0.1, -0.05) is 113 Å². The van der Waals surface area contributed by atoms with Gasteiger partial charge in [-0.2, -0.15) is 11.6 Å². The van der Waals surface area contributed by atoms with Gasteiger partial charge in [0.05, 0.1) is 0 Å². The number of hydrogen-bond donors (Lipinski definition) is 0. The standard InChI is InChI=1S/C25H25.C15H14.C13H13.2ClH.Zr/c1-14-12-24(3,4)22-8-16-7-17-9-23-19(15(2)13-25(23,5)6)11-21(17)20(16)10-18(14)22;1-12-3-7-14(8-4-12)11-15-9-5-13(2)6-10-15;1-10-8-11(2)13(9-10)12-6-4-3-5-7-12;;;/h7-13H,1-6H3;3-10H,1-2H3;3-7,9-10H,1-2H3;2*1H;/q-1;;-1;;;+2/p-2. The molecule has 0 saturated heterocycles. The normalized spacial score (nSPS) is 16.8. The van der Waals surface area contributed by atoms with Crippen LogP contribution in [-0.2, 0) is 35.1 Å². The largest absolute Gasteiger partial charge is 1.00 e. The molecule has 3 aliphatic rings. The van der Waals surface area contributed by atoms with E-state index in [1.807, 2.05) is 6.07 Å². The van der Waals surface area contributed by atoms with Gasteiger partial charge in [0.2, 0.25) is 0 Å². The summed E-state index contributed by atoms with van der Waals surface area (Å²) in [5.74, 6) is 0.468. The number of fused-ring (bicyclic) bond motifs is 5. The average Bonchev–Trinajstić information content (AvgIpc) is 3.81. The SMILES string of the molecule is CC1=CC(C)(C)c2cc3[cH-]c4cc5c(cc4c3cc21)C(C)=CC5(C)C.CC1=[C-]C(C)C=C1c1ccccc1.Cc1ccc([C](=[Zr+2])c2ccc(C)cc2)cc1.[Cl-].[Cl-]. The van der Waals surface area contributed by atoms with Crippen molar-refractivity contribution in [3.8, 4) is 0 Å². The van der Waals surface area contributed by atoms with Crippen LogP contribution in [0.4, 0.5) is 0 Å². The zero-order valence-corrected chi connectivity index (χ0v) is 38.4. The quantitative estimate of drug-likeness (QED) is 0.159. The predicted octanol–water partition coefficient (Wildman–Crippen LogP) is 8.00. The molecule has 0 aliphatic heterocycles. The Balaban J connectivity index is 0.000000169. The van der Waals surface area contributed by atoms with E-state index < -0.39 is 0 Å². The third-order valence-corrected chi connectivity index (χ3v) is 12.8. The minimum Gasteiger partial charge on any atom is -1.00 e. The van der Waals surface area contributed by atoms with Gasteiger partial charge < -0.3 is 24.8 Å². The molecule has 0 N–H and O–H groups in total. The van der Waals surface area contributed by atoms with Gasteiger partial charge in [-0.3, -0.25) is 6.08 Å². The topological polar surface area (TPSA) is 0 Å². The number of benzene rings is 5. The van der Waals surface area contributed by atoms with Crippen molar-refractivity contribution in [2.75, 3.05) is 0 Å². The number of aryl methyl sites for hydroxylation is 2. The van der Waals surface area contributed by atoms with Crippen LogP contribution in [0.5, 0.6) is 0 Å². The van der Waals surface area contributed by atoms with Crippen LogP contribution in [0, 0.1) is 25.8 Å². The van der Waals surface area contributed by atoms with Crippen LogP contribution >= 0.6 is 0 Å². The molecule has 0 spiro atoms. The molecule has 0 heterocycles. The van der Waals surface area contributed by atoms with E-state index in [0.717, 1.165) is 0 Å². The first-order valence-electron chi connectivity index (χ1n) is 19.3. The van der Waals surface area contributed by atoms with Gasteiger partial charge in [-0.25, -0.2) is 5.57 Å². The molecule has 0 saturated carbocycles.